The number of aromatic nitrogens is 2. The van der Waals surface area contributed by atoms with Gasteiger partial charge in [0.2, 0.25) is 0 Å². The maximum atomic E-state index is 13.8. The van der Waals surface area contributed by atoms with Crippen molar-refractivity contribution in [1.82, 2.24) is 14.5 Å². The zero-order chi connectivity index (χ0) is 34.7. The number of unbranched alkanes of at least 4 members (excludes halogenated alkanes) is 1. The number of fused-ring (bicyclic) bond motifs is 1. The van der Waals surface area contributed by atoms with Crippen molar-refractivity contribution in [3.63, 3.8) is 0 Å². The summed E-state index contributed by atoms with van der Waals surface area (Å²) in [4.78, 5) is 23.1. The maximum Gasteiger partial charge on any atom is 0.251 e. The summed E-state index contributed by atoms with van der Waals surface area (Å²) in [7, 11) is 4.20. The van der Waals surface area contributed by atoms with Crippen LogP contribution in [-0.2, 0) is 34.4 Å². The van der Waals surface area contributed by atoms with Crippen molar-refractivity contribution >= 4 is 23.4 Å². The predicted octanol–water partition coefficient (Wildman–Crippen LogP) is 7.33. The van der Waals surface area contributed by atoms with Gasteiger partial charge in [-0.05, 0) is 97.5 Å². The minimum Gasteiger partial charge on any atom is -0.491 e. The molecule has 1 amide bonds. The van der Waals surface area contributed by atoms with Crippen molar-refractivity contribution in [2.24, 2.45) is 7.05 Å². The van der Waals surface area contributed by atoms with Gasteiger partial charge >= 0.3 is 0 Å². The molecule has 0 radical (unpaired) electrons. The molecule has 3 heterocycles. The van der Waals surface area contributed by atoms with Gasteiger partial charge in [-0.2, -0.15) is 0 Å². The maximum absolute atomic E-state index is 13.8. The summed E-state index contributed by atoms with van der Waals surface area (Å²) in [6, 6.07) is 23.5. The van der Waals surface area contributed by atoms with Crippen LogP contribution in [0.25, 0.3) is 17.2 Å². The molecule has 9 nitrogen and oxygen atoms in total. The predicted molar refractivity (Wildman–Crippen MR) is 200 cm³/mol. The van der Waals surface area contributed by atoms with E-state index < -0.39 is 0 Å². The Bertz CT molecular complexity index is 1710. The zero-order valence-electron chi connectivity index (χ0n) is 29.8. The first kappa shape index (κ1) is 35.4. The number of ether oxygens (including phenoxy) is 3. The molecule has 1 fully saturated rings. The fourth-order valence-electron chi connectivity index (χ4n) is 6.59. The molecule has 264 valence electrons. The highest BCUT2D eigenvalue weighted by Gasteiger charge is 2.22. The van der Waals surface area contributed by atoms with Crippen LogP contribution in [0.15, 0.2) is 84.7 Å². The van der Waals surface area contributed by atoms with Gasteiger partial charge in [0.25, 0.3) is 5.91 Å². The molecule has 0 aliphatic carbocycles. The quantitative estimate of drug-likeness (QED) is 0.132. The first-order chi connectivity index (χ1) is 24.5. The van der Waals surface area contributed by atoms with E-state index in [9.17, 15) is 4.79 Å². The van der Waals surface area contributed by atoms with E-state index in [1.165, 1.54) is 5.56 Å². The Kier molecular flexibility index (Phi) is 12.4. The van der Waals surface area contributed by atoms with Crippen molar-refractivity contribution < 1.29 is 19.0 Å². The van der Waals surface area contributed by atoms with Gasteiger partial charge in [-0.15, -0.1) is 0 Å². The van der Waals surface area contributed by atoms with Gasteiger partial charge in [-0.1, -0.05) is 43.7 Å². The Labute approximate surface area is 296 Å². The topological polar surface area (TPSA) is 81.1 Å². The number of hydrogen-bond donors (Lipinski definition) is 1. The van der Waals surface area contributed by atoms with E-state index in [4.69, 9.17) is 14.2 Å². The third kappa shape index (κ3) is 9.41. The van der Waals surface area contributed by atoms with Crippen LogP contribution in [0, 0.1) is 0 Å². The van der Waals surface area contributed by atoms with Crippen LogP contribution in [0.4, 0.5) is 11.4 Å². The molecular weight excluding hydrogens is 626 g/mol. The number of rotatable bonds is 15. The minimum atomic E-state index is -0.0764. The lowest BCUT2D eigenvalue weighted by Gasteiger charge is -2.31. The Morgan fingerprint density at radius 2 is 1.78 bits per heavy atom. The van der Waals surface area contributed by atoms with Crippen LogP contribution >= 0.6 is 0 Å². The highest BCUT2D eigenvalue weighted by molar-refractivity contribution is 6.07. The molecule has 9 heteroatoms. The zero-order valence-corrected chi connectivity index (χ0v) is 29.8. The van der Waals surface area contributed by atoms with Crippen LogP contribution in [0.5, 0.6) is 5.75 Å². The van der Waals surface area contributed by atoms with E-state index >= 15 is 0 Å². The van der Waals surface area contributed by atoms with E-state index in [1.54, 1.807) is 0 Å². The lowest BCUT2D eigenvalue weighted by Crippen LogP contribution is -2.36. The molecule has 2 aliphatic heterocycles. The van der Waals surface area contributed by atoms with Gasteiger partial charge in [0.05, 0.1) is 13.2 Å². The summed E-state index contributed by atoms with van der Waals surface area (Å²) in [6.07, 6.45) is 10.8. The monoisotopic (exact) mass is 677 g/mol. The number of aryl methyl sites for hydroxylation is 1. The number of anilines is 2. The molecule has 2 aliphatic rings. The van der Waals surface area contributed by atoms with Crippen molar-refractivity contribution in [2.45, 2.75) is 58.2 Å². The minimum absolute atomic E-state index is 0.0764. The third-order valence-electron chi connectivity index (χ3n) is 9.68. The standard InChI is InChI=1S/C41H51N5O4/c1-4-5-22-48-25-26-50-38-13-8-32(9-14-38)33-10-15-39-35(27-33)28-34(16-20-46(39)30-40-42-19-21-44(40)2)41(47)43-36-11-6-31(7-12-36)29-45(3)37-17-23-49-24-18-37/h6-15,19,21,27-28,37H,4-5,16-18,20,22-26,29-30H2,1-3H3,(H,43,47). The van der Waals surface area contributed by atoms with Crippen molar-refractivity contribution in [3.05, 3.63) is 102 Å². The number of carbonyl (C=O) groups excluding carboxylic acids is 1. The van der Waals surface area contributed by atoms with E-state index in [1.807, 2.05) is 48.3 Å². The number of hydrogen-bond acceptors (Lipinski definition) is 7. The average molecular weight is 678 g/mol. The Morgan fingerprint density at radius 3 is 2.52 bits per heavy atom. The molecule has 0 saturated carbocycles. The van der Waals surface area contributed by atoms with Crippen LogP contribution in [-0.4, -0.2) is 73.0 Å². The van der Waals surface area contributed by atoms with Gasteiger partial charge in [-0.3, -0.25) is 9.69 Å². The molecule has 0 unspecified atom stereocenters. The second-order valence-corrected chi connectivity index (χ2v) is 13.3. The number of amides is 1. The molecule has 4 aromatic rings. The molecular formula is C41H51N5O4. The third-order valence-corrected chi connectivity index (χ3v) is 9.68. The summed E-state index contributed by atoms with van der Waals surface area (Å²) in [5.41, 5.74) is 7.03. The molecule has 0 spiro atoms. The van der Waals surface area contributed by atoms with Gasteiger partial charge in [0, 0.05) is 75.3 Å². The second-order valence-electron chi connectivity index (χ2n) is 13.3. The number of nitrogens with zero attached hydrogens (tertiary/aromatic N) is 4. The van der Waals surface area contributed by atoms with Gasteiger partial charge in [0.15, 0.2) is 0 Å². The molecule has 1 saturated heterocycles. The van der Waals surface area contributed by atoms with Gasteiger partial charge in [0.1, 0.15) is 18.2 Å². The van der Waals surface area contributed by atoms with Crippen molar-refractivity contribution in [2.75, 3.05) is 56.8 Å². The van der Waals surface area contributed by atoms with Gasteiger partial charge in [-0.25, -0.2) is 4.98 Å². The molecule has 0 atom stereocenters. The lowest BCUT2D eigenvalue weighted by molar-refractivity contribution is -0.112. The van der Waals surface area contributed by atoms with Crippen molar-refractivity contribution in [3.8, 4) is 16.9 Å². The normalized spacial score (nSPS) is 15.0. The molecule has 0 bridgehead atoms. The SMILES string of the molecule is CCCCOCCOc1ccc(-c2ccc3c(c2)C=C(C(=O)Nc2ccc(CN(C)C4CCOCC4)cc2)CCN3Cc2nccn2C)cc1. The smallest absolute Gasteiger partial charge is 0.251 e. The summed E-state index contributed by atoms with van der Waals surface area (Å²) in [5, 5.41) is 3.17. The molecule has 6 rings (SSSR count). The van der Waals surface area contributed by atoms with Crippen LogP contribution < -0.4 is 15.0 Å². The van der Waals surface area contributed by atoms with Gasteiger partial charge < -0.3 is 29.0 Å². The highest BCUT2D eigenvalue weighted by Crippen LogP contribution is 2.34. The van der Waals surface area contributed by atoms with Crippen LogP contribution in [0.1, 0.15) is 56.0 Å². The Hall–Kier alpha value is -4.44. The van der Waals surface area contributed by atoms with E-state index in [0.29, 0.717) is 38.8 Å². The number of carbonyl (C=O) groups is 1. The molecule has 1 N–H and O–H groups in total. The Morgan fingerprint density at radius 1 is 1.00 bits per heavy atom. The van der Waals surface area contributed by atoms with Crippen molar-refractivity contribution in [1.29, 1.82) is 0 Å². The molecule has 50 heavy (non-hydrogen) atoms. The fourth-order valence-corrected chi connectivity index (χ4v) is 6.59. The van der Waals surface area contributed by atoms with E-state index in [0.717, 1.165) is 97.3 Å². The second kappa shape index (κ2) is 17.5. The number of nitrogens with one attached hydrogen (secondary N) is 1. The van der Waals surface area contributed by atoms with Crippen LogP contribution in [0.3, 0.4) is 0 Å². The highest BCUT2D eigenvalue weighted by atomic mass is 16.5. The summed E-state index contributed by atoms with van der Waals surface area (Å²) in [5.74, 6) is 1.72. The summed E-state index contributed by atoms with van der Waals surface area (Å²) >= 11 is 0. The first-order valence-corrected chi connectivity index (χ1v) is 18.0. The molecule has 1 aromatic heterocycles. The van der Waals surface area contributed by atoms with Crippen LogP contribution in [0.2, 0.25) is 0 Å². The Balaban J connectivity index is 1.16. The fraction of sp³-hybridized carbons (Fsp3) is 0.415. The average Bonchev–Trinajstić information content (AvgIpc) is 3.46. The molecule has 3 aromatic carbocycles. The lowest BCUT2D eigenvalue weighted by atomic mass is 10.00. The summed E-state index contributed by atoms with van der Waals surface area (Å²) in [6.45, 7) is 7.94. The number of imidazole rings is 1. The first-order valence-electron chi connectivity index (χ1n) is 18.0. The van der Waals surface area contributed by atoms with E-state index in [-0.39, 0.29) is 5.91 Å². The largest absolute Gasteiger partial charge is 0.491 e. The van der Waals surface area contributed by atoms with E-state index in [2.05, 4.69) is 82.6 Å². The number of benzene rings is 3. The summed E-state index contributed by atoms with van der Waals surface area (Å²) < 4.78 is 19.1.